The van der Waals surface area contributed by atoms with Crippen molar-refractivity contribution >= 4 is 22.9 Å². The van der Waals surface area contributed by atoms with Gasteiger partial charge in [-0.3, -0.25) is 4.98 Å². The highest BCUT2D eigenvalue weighted by Crippen LogP contribution is 2.29. The van der Waals surface area contributed by atoms with Crippen LogP contribution in [-0.2, 0) is 0 Å². The van der Waals surface area contributed by atoms with Crippen molar-refractivity contribution in [2.75, 3.05) is 7.05 Å². The van der Waals surface area contributed by atoms with Gasteiger partial charge in [0.25, 0.3) is 0 Å². The Morgan fingerprint density at radius 1 is 1.10 bits per heavy atom. The van der Waals surface area contributed by atoms with E-state index in [4.69, 9.17) is 11.6 Å². The summed E-state index contributed by atoms with van der Waals surface area (Å²) in [5, 5.41) is 14.1. The van der Waals surface area contributed by atoms with Crippen LogP contribution in [0.2, 0.25) is 5.02 Å². The van der Waals surface area contributed by atoms with Crippen LogP contribution in [0.5, 0.6) is 0 Å². The normalized spacial score (nSPS) is 12.3. The highest BCUT2D eigenvalue weighted by molar-refractivity contribution is 7.14. The fraction of sp³-hybridized carbons (Fsp3) is 0.133. The van der Waals surface area contributed by atoms with E-state index in [1.54, 1.807) is 12.3 Å². The molecule has 1 N–H and O–H groups in total. The van der Waals surface area contributed by atoms with E-state index < -0.39 is 0 Å². The van der Waals surface area contributed by atoms with Crippen molar-refractivity contribution in [1.82, 2.24) is 20.5 Å². The highest BCUT2D eigenvalue weighted by Gasteiger charge is 2.17. The van der Waals surface area contributed by atoms with Gasteiger partial charge in [-0.25, -0.2) is 0 Å². The van der Waals surface area contributed by atoms with Gasteiger partial charge < -0.3 is 5.32 Å². The zero-order chi connectivity index (χ0) is 14.7. The summed E-state index contributed by atoms with van der Waals surface area (Å²) in [7, 11) is 1.92. The summed E-state index contributed by atoms with van der Waals surface area (Å²) < 4.78 is 0. The van der Waals surface area contributed by atoms with Crippen LogP contribution in [0.25, 0.3) is 10.7 Å². The number of rotatable bonds is 4. The molecule has 6 heteroatoms. The smallest absolute Gasteiger partial charge is 0.166 e. The number of halogens is 1. The van der Waals surface area contributed by atoms with Crippen molar-refractivity contribution in [2.45, 2.75) is 6.04 Å². The maximum atomic E-state index is 5.85. The summed E-state index contributed by atoms with van der Waals surface area (Å²) in [5.74, 6) is 0. The van der Waals surface area contributed by atoms with Crippen molar-refractivity contribution in [1.29, 1.82) is 0 Å². The third-order valence-corrected chi connectivity index (χ3v) is 4.29. The predicted molar refractivity (Wildman–Crippen MR) is 85.5 cm³/mol. The maximum absolute atomic E-state index is 5.85. The van der Waals surface area contributed by atoms with Crippen LogP contribution in [-0.4, -0.2) is 22.2 Å². The largest absolute Gasteiger partial charge is 0.307 e. The van der Waals surface area contributed by atoms with Gasteiger partial charge in [0, 0.05) is 6.20 Å². The van der Waals surface area contributed by atoms with E-state index >= 15 is 0 Å². The Kier molecular flexibility index (Phi) is 4.24. The van der Waals surface area contributed by atoms with Gasteiger partial charge in [-0.05, 0) is 24.7 Å². The molecule has 106 valence electrons. The zero-order valence-corrected chi connectivity index (χ0v) is 12.9. The molecule has 0 amide bonds. The standard InChI is InChI=1S/C15H13ClN4S/c1-17-13(10-5-3-2-4-6-10)15-20-19-14(21-15)12-8-7-11(16)9-18-12/h2-9,13,17H,1H3. The first-order chi connectivity index (χ1) is 10.3. The van der Waals surface area contributed by atoms with Crippen molar-refractivity contribution in [3.05, 3.63) is 64.3 Å². The van der Waals surface area contributed by atoms with E-state index in [9.17, 15) is 0 Å². The molecule has 0 bridgehead atoms. The van der Waals surface area contributed by atoms with Crippen molar-refractivity contribution in [3.63, 3.8) is 0 Å². The fourth-order valence-corrected chi connectivity index (χ4v) is 3.11. The second kappa shape index (κ2) is 6.30. The van der Waals surface area contributed by atoms with Crippen LogP contribution in [0, 0.1) is 0 Å². The van der Waals surface area contributed by atoms with Crippen LogP contribution in [0.4, 0.5) is 0 Å². The highest BCUT2D eigenvalue weighted by atomic mass is 35.5. The summed E-state index contributed by atoms with van der Waals surface area (Å²) in [5.41, 5.74) is 1.94. The summed E-state index contributed by atoms with van der Waals surface area (Å²) in [6, 6.07) is 13.9. The lowest BCUT2D eigenvalue weighted by atomic mass is 10.1. The third-order valence-electron chi connectivity index (χ3n) is 3.06. The Morgan fingerprint density at radius 3 is 2.57 bits per heavy atom. The Hall–Kier alpha value is -1.82. The number of aromatic nitrogens is 3. The minimum Gasteiger partial charge on any atom is -0.307 e. The first-order valence-corrected chi connectivity index (χ1v) is 7.65. The molecule has 0 aliphatic heterocycles. The average molecular weight is 317 g/mol. The first kappa shape index (κ1) is 14.1. The predicted octanol–water partition coefficient (Wildman–Crippen LogP) is 3.56. The van der Waals surface area contributed by atoms with Crippen molar-refractivity contribution in [2.24, 2.45) is 0 Å². The lowest BCUT2D eigenvalue weighted by molar-refractivity contribution is 0.678. The monoisotopic (exact) mass is 316 g/mol. The molecule has 3 aromatic rings. The molecular formula is C15H13ClN4S. The topological polar surface area (TPSA) is 50.7 Å². The van der Waals surface area contributed by atoms with Gasteiger partial charge in [-0.1, -0.05) is 53.3 Å². The second-order valence-electron chi connectivity index (χ2n) is 4.44. The van der Waals surface area contributed by atoms with Gasteiger partial charge in [0.1, 0.15) is 10.7 Å². The Morgan fingerprint density at radius 2 is 1.90 bits per heavy atom. The van der Waals surface area contributed by atoms with Gasteiger partial charge in [-0.2, -0.15) is 0 Å². The maximum Gasteiger partial charge on any atom is 0.166 e. The van der Waals surface area contributed by atoms with Gasteiger partial charge in [0.2, 0.25) is 0 Å². The number of hydrogen-bond acceptors (Lipinski definition) is 5. The quantitative estimate of drug-likeness (QED) is 0.799. The first-order valence-electron chi connectivity index (χ1n) is 6.45. The summed E-state index contributed by atoms with van der Waals surface area (Å²) in [6.07, 6.45) is 1.62. The van der Waals surface area contributed by atoms with E-state index in [0.29, 0.717) is 5.02 Å². The zero-order valence-electron chi connectivity index (χ0n) is 11.3. The minimum absolute atomic E-state index is 0.0322. The lowest BCUT2D eigenvalue weighted by Crippen LogP contribution is -2.17. The summed E-state index contributed by atoms with van der Waals surface area (Å²) in [4.78, 5) is 4.28. The minimum atomic E-state index is 0.0322. The van der Waals surface area contributed by atoms with Crippen molar-refractivity contribution < 1.29 is 0 Å². The fourth-order valence-electron chi connectivity index (χ4n) is 2.04. The van der Waals surface area contributed by atoms with Crippen LogP contribution in [0.3, 0.4) is 0 Å². The van der Waals surface area contributed by atoms with Gasteiger partial charge in [0.05, 0.1) is 11.1 Å². The third kappa shape index (κ3) is 3.10. The van der Waals surface area contributed by atoms with Crippen LogP contribution < -0.4 is 5.32 Å². The lowest BCUT2D eigenvalue weighted by Gasteiger charge is -2.12. The number of hydrogen-bond donors (Lipinski definition) is 1. The SMILES string of the molecule is CNC(c1ccccc1)c1nnc(-c2ccc(Cl)cn2)s1. The van der Waals surface area contributed by atoms with Crippen LogP contribution in [0.15, 0.2) is 48.7 Å². The molecule has 2 aromatic heterocycles. The molecule has 0 aliphatic carbocycles. The summed E-state index contributed by atoms with van der Waals surface area (Å²) >= 11 is 7.38. The number of nitrogens with zero attached hydrogens (tertiary/aromatic N) is 3. The molecule has 0 aliphatic rings. The molecule has 0 spiro atoms. The molecule has 2 heterocycles. The van der Waals surface area contributed by atoms with Gasteiger partial charge in [-0.15, -0.1) is 10.2 Å². The molecule has 1 unspecified atom stereocenters. The van der Waals surface area contributed by atoms with Crippen molar-refractivity contribution in [3.8, 4) is 10.7 Å². The van der Waals surface area contributed by atoms with Crippen LogP contribution in [0.1, 0.15) is 16.6 Å². The molecule has 0 fully saturated rings. The Balaban J connectivity index is 1.92. The van der Waals surface area contributed by atoms with E-state index in [1.807, 2.05) is 31.3 Å². The molecule has 0 radical (unpaired) electrons. The molecule has 1 atom stereocenters. The van der Waals surface area contributed by atoms with E-state index in [2.05, 4.69) is 32.6 Å². The van der Waals surface area contributed by atoms with E-state index in [-0.39, 0.29) is 6.04 Å². The van der Waals surface area contributed by atoms with Gasteiger partial charge in [0.15, 0.2) is 5.01 Å². The molecule has 1 aromatic carbocycles. The molecular weight excluding hydrogens is 304 g/mol. The number of benzene rings is 1. The summed E-state index contributed by atoms with van der Waals surface area (Å²) in [6.45, 7) is 0. The molecule has 0 saturated carbocycles. The second-order valence-corrected chi connectivity index (χ2v) is 5.89. The van der Waals surface area contributed by atoms with Gasteiger partial charge >= 0.3 is 0 Å². The average Bonchev–Trinajstić information content (AvgIpc) is 2.99. The Labute approximate surface area is 131 Å². The molecule has 4 nitrogen and oxygen atoms in total. The molecule has 0 saturated heterocycles. The Bertz CT molecular complexity index is 712. The molecule has 21 heavy (non-hydrogen) atoms. The van der Waals surface area contributed by atoms with E-state index in [1.165, 1.54) is 11.3 Å². The van der Waals surface area contributed by atoms with E-state index in [0.717, 1.165) is 21.3 Å². The number of nitrogens with one attached hydrogen (secondary N) is 1. The van der Waals surface area contributed by atoms with Crippen LogP contribution >= 0.6 is 22.9 Å². The molecule has 3 rings (SSSR count). The number of pyridine rings is 1.